The van der Waals surface area contributed by atoms with Gasteiger partial charge in [0, 0.05) is 13.1 Å². The molecule has 0 aliphatic heterocycles. The lowest BCUT2D eigenvalue weighted by atomic mass is 10.2. The van der Waals surface area contributed by atoms with Gasteiger partial charge in [-0.1, -0.05) is 6.07 Å². The Labute approximate surface area is 93.7 Å². The summed E-state index contributed by atoms with van der Waals surface area (Å²) in [6.07, 6.45) is 0. The van der Waals surface area contributed by atoms with Gasteiger partial charge in [0.25, 0.3) is 0 Å². The molecule has 0 saturated heterocycles. The molecule has 0 aliphatic carbocycles. The van der Waals surface area contributed by atoms with Crippen molar-refractivity contribution in [2.75, 3.05) is 18.0 Å². The first-order valence-corrected chi connectivity index (χ1v) is 5.64. The number of nitrogens with zero attached hydrogens (tertiary/aromatic N) is 1. The fourth-order valence-corrected chi connectivity index (χ4v) is 2.15. The highest BCUT2D eigenvalue weighted by molar-refractivity contribution is 9.10. The summed E-state index contributed by atoms with van der Waals surface area (Å²) in [6.45, 7) is 7.99. The van der Waals surface area contributed by atoms with Crippen LogP contribution in [-0.2, 0) is 0 Å². The second-order valence-electron chi connectivity index (χ2n) is 3.24. The fourth-order valence-electron chi connectivity index (χ4n) is 1.46. The Morgan fingerprint density at radius 1 is 1.29 bits per heavy atom. The molecule has 0 bridgehead atoms. The van der Waals surface area contributed by atoms with Crippen molar-refractivity contribution < 1.29 is 5.11 Å². The third-order valence-electron chi connectivity index (χ3n) is 2.40. The van der Waals surface area contributed by atoms with Crippen molar-refractivity contribution in [1.29, 1.82) is 0 Å². The lowest BCUT2D eigenvalue weighted by Gasteiger charge is -2.23. The number of hydrogen-bond donors (Lipinski definition) is 1. The summed E-state index contributed by atoms with van der Waals surface area (Å²) in [6, 6.07) is 3.97. The first-order chi connectivity index (χ1) is 6.61. The zero-order chi connectivity index (χ0) is 10.7. The van der Waals surface area contributed by atoms with Gasteiger partial charge >= 0.3 is 0 Å². The van der Waals surface area contributed by atoms with Crippen molar-refractivity contribution >= 4 is 21.6 Å². The number of aromatic hydroxyl groups is 1. The van der Waals surface area contributed by atoms with Gasteiger partial charge in [-0.05, 0) is 48.3 Å². The van der Waals surface area contributed by atoms with E-state index in [0.717, 1.165) is 28.8 Å². The number of hydrogen-bond acceptors (Lipinski definition) is 2. The predicted octanol–water partition coefficient (Wildman–Crippen LogP) is 3.31. The van der Waals surface area contributed by atoms with E-state index in [0.29, 0.717) is 5.75 Å². The summed E-state index contributed by atoms with van der Waals surface area (Å²) >= 11 is 3.42. The van der Waals surface area contributed by atoms with Gasteiger partial charge in [-0.3, -0.25) is 0 Å². The maximum atomic E-state index is 9.75. The molecule has 0 radical (unpaired) electrons. The number of phenols is 1. The number of anilines is 1. The topological polar surface area (TPSA) is 23.5 Å². The molecule has 0 saturated carbocycles. The van der Waals surface area contributed by atoms with Crippen LogP contribution in [0.25, 0.3) is 0 Å². The van der Waals surface area contributed by atoms with E-state index in [-0.39, 0.29) is 0 Å². The maximum Gasteiger partial charge on any atom is 0.134 e. The van der Waals surface area contributed by atoms with Crippen LogP contribution in [0.4, 0.5) is 5.69 Å². The summed E-state index contributed by atoms with van der Waals surface area (Å²) in [5.74, 6) is 0.342. The first kappa shape index (κ1) is 11.4. The monoisotopic (exact) mass is 257 g/mol. The molecule has 78 valence electrons. The SMILES string of the molecule is CCN(CC)c1ccc(C)c(O)c1Br. The Morgan fingerprint density at radius 3 is 2.36 bits per heavy atom. The summed E-state index contributed by atoms with van der Waals surface area (Å²) in [5.41, 5.74) is 1.95. The highest BCUT2D eigenvalue weighted by Crippen LogP contribution is 2.36. The molecule has 1 N–H and O–H groups in total. The minimum Gasteiger partial charge on any atom is -0.506 e. The Bertz CT molecular complexity index is 321. The third kappa shape index (κ3) is 2.03. The molecule has 0 atom stereocenters. The van der Waals surface area contributed by atoms with Crippen LogP contribution in [0.1, 0.15) is 19.4 Å². The molecule has 2 nitrogen and oxygen atoms in total. The minimum absolute atomic E-state index is 0.342. The van der Waals surface area contributed by atoms with E-state index in [1.807, 2.05) is 19.1 Å². The predicted molar refractivity (Wildman–Crippen MR) is 64.1 cm³/mol. The van der Waals surface area contributed by atoms with Gasteiger partial charge in [0.15, 0.2) is 0 Å². The lowest BCUT2D eigenvalue weighted by molar-refractivity contribution is 0.467. The van der Waals surface area contributed by atoms with E-state index in [9.17, 15) is 5.11 Å². The van der Waals surface area contributed by atoms with Crippen molar-refractivity contribution in [2.45, 2.75) is 20.8 Å². The molecule has 0 aliphatic rings. The maximum absolute atomic E-state index is 9.75. The van der Waals surface area contributed by atoms with Gasteiger partial charge < -0.3 is 10.0 Å². The summed E-state index contributed by atoms with van der Waals surface area (Å²) < 4.78 is 0.793. The van der Waals surface area contributed by atoms with E-state index in [1.54, 1.807) is 0 Å². The molecule has 1 aromatic carbocycles. The average molecular weight is 258 g/mol. The summed E-state index contributed by atoms with van der Waals surface area (Å²) in [5, 5.41) is 9.75. The molecule has 0 spiro atoms. The number of phenolic OH excluding ortho intramolecular Hbond substituents is 1. The number of aryl methyl sites for hydroxylation is 1. The molecule has 14 heavy (non-hydrogen) atoms. The molecule has 0 heterocycles. The molecular formula is C11H16BrNO. The fraction of sp³-hybridized carbons (Fsp3) is 0.455. The normalized spacial score (nSPS) is 10.3. The van der Waals surface area contributed by atoms with E-state index in [4.69, 9.17) is 0 Å². The molecule has 1 rings (SSSR count). The van der Waals surface area contributed by atoms with Gasteiger partial charge in [-0.15, -0.1) is 0 Å². The Kier molecular flexibility index (Phi) is 3.81. The second kappa shape index (κ2) is 4.69. The largest absolute Gasteiger partial charge is 0.506 e. The van der Waals surface area contributed by atoms with Crippen LogP contribution in [0, 0.1) is 6.92 Å². The van der Waals surface area contributed by atoms with Crippen molar-refractivity contribution in [3.05, 3.63) is 22.2 Å². The van der Waals surface area contributed by atoms with Gasteiger partial charge in [-0.2, -0.15) is 0 Å². The average Bonchev–Trinajstić information content (AvgIpc) is 2.19. The van der Waals surface area contributed by atoms with Gasteiger partial charge in [-0.25, -0.2) is 0 Å². The Morgan fingerprint density at radius 2 is 1.86 bits per heavy atom. The van der Waals surface area contributed by atoms with E-state index < -0.39 is 0 Å². The molecule has 0 amide bonds. The Balaban J connectivity index is 3.16. The number of halogens is 1. The van der Waals surface area contributed by atoms with Crippen molar-refractivity contribution in [2.24, 2.45) is 0 Å². The first-order valence-electron chi connectivity index (χ1n) is 4.84. The second-order valence-corrected chi connectivity index (χ2v) is 4.03. The van der Waals surface area contributed by atoms with Crippen LogP contribution in [0.15, 0.2) is 16.6 Å². The van der Waals surface area contributed by atoms with Crippen LogP contribution in [-0.4, -0.2) is 18.2 Å². The Hall–Kier alpha value is -0.700. The number of benzene rings is 1. The summed E-state index contributed by atoms with van der Waals surface area (Å²) in [4.78, 5) is 2.20. The molecule has 0 aromatic heterocycles. The van der Waals surface area contributed by atoms with Crippen LogP contribution < -0.4 is 4.90 Å². The quantitative estimate of drug-likeness (QED) is 0.899. The van der Waals surface area contributed by atoms with Crippen molar-refractivity contribution in [1.82, 2.24) is 0 Å². The van der Waals surface area contributed by atoms with Crippen LogP contribution in [0.2, 0.25) is 0 Å². The van der Waals surface area contributed by atoms with Crippen molar-refractivity contribution in [3.63, 3.8) is 0 Å². The van der Waals surface area contributed by atoms with Crippen LogP contribution in [0.3, 0.4) is 0 Å². The zero-order valence-electron chi connectivity index (χ0n) is 8.84. The molecule has 1 aromatic rings. The molecule has 3 heteroatoms. The van der Waals surface area contributed by atoms with Gasteiger partial charge in [0.05, 0.1) is 10.2 Å². The van der Waals surface area contributed by atoms with Crippen molar-refractivity contribution in [3.8, 4) is 5.75 Å². The van der Waals surface area contributed by atoms with E-state index >= 15 is 0 Å². The number of rotatable bonds is 3. The van der Waals surface area contributed by atoms with Gasteiger partial charge in [0.2, 0.25) is 0 Å². The van der Waals surface area contributed by atoms with E-state index in [1.165, 1.54) is 0 Å². The molecule has 0 fully saturated rings. The third-order valence-corrected chi connectivity index (χ3v) is 3.18. The standard InChI is InChI=1S/C11H16BrNO/c1-4-13(5-2)9-7-6-8(3)11(14)10(9)12/h6-7,14H,4-5H2,1-3H3. The highest BCUT2D eigenvalue weighted by atomic mass is 79.9. The van der Waals surface area contributed by atoms with Gasteiger partial charge in [0.1, 0.15) is 5.75 Å². The lowest BCUT2D eigenvalue weighted by Crippen LogP contribution is -2.22. The van der Waals surface area contributed by atoms with Crippen LogP contribution in [0.5, 0.6) is 5.75 Å². The minimum atomic E-state index is 0.342. The zero-order valence-corrected chi connectivity index (χ0v) is 10.4. The van der Waals surface area contributed by atoms with Crippen LogP contribution >= 0.6 is 15.9 Å². The molecule has 0 unspecified atom stereocenters. The smallest absolute Gasteiger partial charge is 0.134 e. The molecular weight excluding hydrogens is 242 g/mol. The highest BCUT2D eigenvalue weighted by Gasteiger charge is 2.11. The summed E-state index contributed by atoms with van der Waals surface area (Å²) in [7, 11) is 0. The van der Waals surface area contributed by atoms with E-state index in [2.05, 4.69) is 34.7 Å².